The van der Waals surface area contributed by atoms with Gasteiger partial charge in [0.25, 0.3) is 10.0 Å². The van der Waals surface area contributed by atoms with Crippen LogP contribution in [0.2, 0.25) is 5.02 Å². The zero-order valence-electron chi connectivity index (χ0n) is 22.2. The molecule has 0 radical (unpaired) electrons. The molecule has 1 atom stereocenters. The van der Waals surface area contributed by atoms with Crippen LogP contribution in [0.15, 0.2) is 82.2 Å². The molecule has 0 aliphatic carbocycles. The second-order valence-electron chi connectivity index (χ2n) is 9.27. The Kier molecular flexibility index (Phi) is 11.0. The average molecular weight is 635 g/mol. The van der Waals surface area contributed by atoms with Gasteiger partial charge in [-0.25, -0.2) is 8.42 Å². The number of hydrogen-bond acceptors (Lipinski definition) is 4. The number of carbonyl (C=O) groups excluding carboxylic acids is 2. The van der Waals surface area contributed by atoms with Crippen molar-refractivity contribution >= 4 is 55.1 Å². The van der Waals surface area contributed by atoms with Crippen LogP contribution < -0.4 is 9.62 Å². The Labute approximate surface area is 244 Å². The molecule has 1 unspecified atom stereocenters. The number of benzene rings is 3. The van der Waals surface area contributed by atoms with E-state index in [0.717, 1.165) is 32.7 Å². The summed E-state index contributed by atoms with van der Waals surface area (Å²) in [6.45, 7) is 5.65. The summed E-state index contributed by atoms with van der Waals surface area (Å²) in [6, 6.07) is 19.3. The summed E-state index contributed by atoms with van der Waals surface area (Å²) in [6.07, 6.45) is 1.73. The van der Waals surface area contributed by atoms with Crippen molar-refractivity contribution in [2.45, 2.75) is 51.1 Å². The summed E-state index contributed by atoms with van der Waals surface area (Å²) >= 11 is 9.62. The van der Waals surface area contributed by atoms with E-state index in [1.165, 1.54) is 23.1 Å². The van der Waals surface area contributed by atoms with Crippen LogP contribution >= 0.6 is 27.5 Å². The first-order valence-corrected chi connectivity index (χ1v) is 15.3. The van der Waals surface area contributed by atoms with Crippen LogP contribution in [0.1, 0.15) is 37.8 Å². The summed E-state index contributed by atoms with van der Waals surface area (Å²) in [7, 11) is -4.14. The molecule has 208 valence electrons. The number of sulfonamides is 1. The Morgan fingerprint density at radius 1 is 1.03 bits per heavy atom. The van der Waals surface area contributed by atoms with Crippen LogP contribution in [-0.4, -0.2) is 44.3 Å². The van der Waals surface area contributed by atoms with Crippen LogP contribution in [0.3, 0.4) is 0 Å². The second kappa shape index (κ2) is 14.0. The fourth-order valence-electron chi connectivity index (χ4n) is 3.90. The van der Waals surface area contributed by atoms with Crippen LogP contribution in [0.25, 0.3) is 0 Å². The van der Waals surface area contributed by atoms with E-state index in [0.29, 0.717) is 11.6 Å². The monoisotopic (exact) mass is 633 g/mol. The average Bonchev–Trinajstić information content (AvgIpc) is 2.91. The SMILES string of the molecule is CCCCNC(=O)C(C)N(Cc1ccc(Br)cc1)C(=O)CN(c1cccc(Cl)c1)S(=O)(=O)c1ccc(C)cc1. The van der Waals surface area contributed by atoms with Crippen LogP contribution in [0.4, 0.5) is 5.69 Å². The molecule has 39 heavy (non-hydrogen) atoms. The summed E-state index contributed by atoms with van der Waals surface area (Å²) in [4.78, 5) is 28.3. The van der Waals surface area contributed by atoms with Crippen molar-refractivity contribution in [1.29, 1.82) is 0 Å². The molecule has 10 heteroatoms. The Morgan fingerprint density at radius 2 is 1.69 bits per heavy atom. The summed E-state index contributed by atoms with van der Waals surface area (Å²) in [5, 5.41) is 3.21. The molecule has 0 spiro atoms. The minimum Gasteiger partial charge on any atom is -0.354 e. The second-order valence-corrected chi connectivity index (χ2v) is 12.5. The minimum atomic E-state index is -4.14. The molecule has 7 nitrogen and oxygen atoms in total. The Hall–Kier alpha value is -2.88. The Bertz CT molecular complexity index is 1380. The first-order chi connectivity index (χ1) is 18.5. The van der Waals surface area contributed by atoms with Gasteiger partial charge in [-0.05, 0) is 68.3 Å². The molecule has 0 saturated heterocycles. The lowest BCUT2D eigenvalue weighted by molar-refractivity contribution is -0.139. The lowest BCUT2D eigenvalue weighted by atomic mass is 10.1. The maximum absolute atomic E-state index is 13.9. The summed E-state index contributed by atoms with van der Waals surface area (Å²) < 4.78 is 29.6. The highest BCUT2D eigenvalue weighted by Crippen LogP contribution is 2.27. The first kappa shape index (κ1) is 30.7. The van der Waals surface area contributed by atoms with Gasteiger partial charge < -0.3 is 10.2 Å². The predicted octanol–water partition coefficient (Wildman–Crippen LogP) is 5.94. The third-order valence-corrected chi connectivity index (χ3v) is 8.80. The zero-order valence-corrected chi connectivity index (χ0v) is 25.4. The van der Waals surface area contributed by atoms with Crippen LogP contribution in [0, 0.1) is 6.92 Å². The van der Waals surface area contributed by atoms with Gasteiger partial charge in [-0.3, -0.25) is 13.9 Å². The lowest BCUT2D eigenvalue weighted by Gasteiger charge is -2.32. The molecule has 0 aliphatic heterocycles. The van der Waals surface area contributed by atoms with Gasteiger partial charge >= 0.3 is 0 Å². The highest BCUT2D eigenvalue weighted by atomic mass is 79.9. The molecular formula is C29H33BrClN3O4S. The zero-order chi connectivity index (χ0) is 28.6. The lowest BCUT2D eigenvalue weighted by Crippen LogP contribution is -2.51. The standard InChI is InChI=1S/C29H33BrClN3O4S/c1-4-5-17-32-29(36)22(3)33(19-23-11-13-24(30)14-12-23)28(35)20-34(26-8-6-7-25(31)18-26)39(37,38)27-15-9-21(2)10-16-27/h6-16,18,22H,4-5,17,19-20H2,1-3H3,(H,32,36). The number of hydrogen-bond donors (Lipinski definition) is 1. The quantitative estimate of drug-likeness (QED) is 0.250. The van der Waals surface area contributed by atoms with E-state index in [9.17, 15) is 18.0 Å². The van der Waals surface area contributed by atoms with Crippen molar-refractivity contribution in [1.82, 2.24) is 10.2 Å². The maximum Gasteiger partial charge on any atom is 0.264 e. The predicted molar refractivity (Wildman–Crippen MR) is 159 cm³/mol. The van der Waals surface area contributed by atoms with Crippen molar-refractivity contribution in [3.63, 3.8) is 0 Å². The highest BCUT2D eigenvalue weighted by molar-refractivity contribution is 9.10. The fraction of sp³-hybridized carbons (Fsp3) is 0.310. The van der Waals surface area contributed by atoms with E-state index in [1.807, 2.05) is 38.1 Å². The number of unbranched alkanes of at least 4 members (excludes halogenated alkanes) is 1. The number of halogens is 2. The van der Waals surface area contributed by atoms with Crippen molar-refractivity contribution in [2.75, 3.05) is 17.4 Å². The minimum absolute atomic E-state index is 0.0469. The van der Waals surface area contributed by atoms with E-state index in [2.05, 4.69) is 21.2 Å². The van der Waals surface area contributed by atoms with Crippen LogP contribution in [0.5, 0.6) is 0 Å². The number of carbonyl (C=O) groups is 2. The molecule has 3 aromatic carbocycles. The fourth-order valence-corrected chi connectivity index (χ4v) is 5.76. The largest absolute Gasteiger partial charge is 0.354 e. The van der Waals surface area contributed by atoms with Crippen molar-refractivity contribution < 1.29 is 18.0 Å². The number of nitrogens with one attached hydrogen (secondary N) is 1. The molecule has 2 amide bonds. The number of aryl methyl sites for hydroxylation is 1. The number of rotatable bonds is 12. The first-order valence-electron chi connectivity index (χ1n) is 12.7. The van der Waals surface area contributed by atoms with E-state index < -0.39 is 28.5 Å². The van der Waals surface area contributed by atoms with Gasteiger partial charge in [0.15, 0.2) is 0 Å². The number of amides is 2. The molecule has 1 N–H and O–H groups in total. The highest BCUT2D eigenvalue weighted by Gasteiger charge is 2.32. The number of nitrogens with zero attached hydrogens (tertiary/aromatic N) is 2. The van der Waals surface area contributed by atoms with Gasteiger partial charge in [0.2, 0.25) is 11.8 Å². The normalized spacial score (nSPS) is 12.0. The van der Waals surface area contributed by atoms with Gasteiger partial charge in [-0.1, -0.05) is 76.8 Å². The maximum atomic E-state index is 13.9. The summed E-state index contributed by atoms with van der Waals surface area (Å²) in [5.41, 5.74) is 1.96. The van der Waals surface area contributed by atoms with E-state index in [1.54, 1.807) is 37.3 Å². The molecule has 0 saturated carbocycles. The molecule has 3 rings (SSSR count). The molecule has 0 aromatic heterocycles. The molecular weight excluding hydrogens is 602 g/mol. The van der Waals surface area contributed by atoms with E-state index in [-0.39, 0.29) is 23.0 Å². The molecule has 3 aromatic rings. The van der Waals surface area contributed by atoms with Gasteiger partial charge in [0, 0.05) is 22.6 Å². The third kappa shape index (κ3) is 8.30. The third-order valence-electron chi connectivity index (χ3n) is 6.25. The van der Waals surface area contributed by atoms with Gasteiger partial charge in [0.05, 0.1) is 10.6 Å². The topological polar surface area (TPSA) is 86.8 Å². The smallest absolute Gasteiger partial charge is 0.264 e. The Morgan fingerprint density at radius 3 is 2.31 bits per heavy atom. The molecule has 0 aliphatic rings. The summed E-state index contributed by atoms with van der Waals surface area (Å²) in [5.74, 6) is -0.823. The van der Waals surface area contributed by atoms with Gasteiger partial charge in [-0.2, -0.15) is 0 Å². The Balaban J connectivity index is 1.99. The number of anilines is 1. The van der Waals surface area contributed by atoms with E-state index in [4.69, 9.17) is 11.6 Å². The molecule has 0 heterocycles. The molecule has 0 bridgehead atoms. The van der Waals surface area contributed by atoms with Gasteiger partial charge in [0.1, 0.15) is 12.6 Å². The molecule has 0 fully saturated rings. The van der Waals surface area contributed by atoms with Crippen molar-refractivity contribution in [3.05, 3.63) is 93.4 Å². The van der Waals surface area contributed by atoms with Crippen molar-refractivity contribution in [3.8, 4) is 0 Å². The van der Waals surface area contributed by atoms with Gasteiger partial charge in [-0.15, -0.1) is 0 Å². The van der Waals surface area contributed by atoms with E-state index >= 15 is 0 Å². The van der Waals surface area contributed by atoms with Crippen LogP contribution in [-0.2, 0) is 26.2 Å². The van der Waals surface area contributed by atoms with Crippen molar-refractivity contribution in [2.24, 2.45) is 0 Å².